The minimum absolute atomic E-state index is 0.382. The van der Waals surface area contributed by atoms with Gasteiger partial charge >= 0.3 is 0 Å². The number of likely N-dealkylation sites (tertiary alicyclic amines) is 1. The first-order chi connectivity index (χ1) is 10.2. The zero-order valence-electron chi connectivity index (χ0n) is 13.0. The van der Waals surface area contributed by atoms with Crippen LogP contribution in [0.4, 0.5) is 0 Å². The molecular formula is C18H27BrN2. The number of nitrogens with two attached hydrogens (primary N) is 1. The molecule has 0 bridgehead atoms. The number of benzene rings is 1. The van der Waals surface area contributed by atoms with E-state index in [0.717, 1.165) is 18.5 Å². The summed E-state index contributed by atoms with van der Waals surface area (Å²) in [6.45, 7) is 4.08. The lowest BCUT2D eigenvalue weighted by Gasteiger charge is -2.47. The van der Waals surface area contributed by atoms with E-state index in [1.165, 1.54) is 60.7 Å². The van der Waals surface area contributed by atoms with Gasteiger partial charge in [0.25, 0.3) is 0 Å². The maximum absolute atomic E-state index is 6.19. The van der Waals surface area contributed by atoms with Crippen molar-refractivity contribution in [2.75, 3.05) is 13.1 Å². The normalized spacial score (nSPS) is 28.1. The number of hydrogen-bond acceptors (Lipinski definition) is 2. The summed E-state index contributed by atoms with van der Waals surface area (Å²) in [5.41, 5.74) is 8.86. The van der Waals surface area contributed by atoms with Crippen molar-refractivity contribution in [1.82, 2.24) is 4.90 Å². The highest BCUT2D eigenvalue weighted by atomic mass is 79.9. The Balaban J connectivity index is 1.85. The van der Waals surface area contributed by atoms with Crippen molar-refractivity contribution in [3.05, 3.63) is 33.8 Å². The van der Waals surface area contributed by atoms with Gasteiger partial charge in [0.1, 0.15) is 0 Å². The molecule has 1 unspecified atom stereocenters. The SMILES string of the molecule is Cc1ccc(C(CN)N2CCC[C@H]3CCCC[C@H]32)cc1Br. The van der Waals surface area contributed by atoms with E-state index in [4.69, 9.17) is 5.73 Å². The molecule has 0 spiro atoms. The molecule has 1 aliphatic heterocycles. The van der Waals surface area contributed by atoms with E-state index in [1.54, 1.807) is 0 Å². The Labute approximate surface area is 137 Å². The van der Waals surface area contributed by atoms with E-state index in [0.29, 0.717) is 6.04 Å². The Morgan fingerprint density at radius 1 is 1.24 bits per heavy atom. The van der Waals surface area contributed by atoms with Gasteiger partial charge in [-0.3, -0.25) is 4.90 Å². The minimum atomic E-state index is 0.382. The van der Waals surface area contributed by atoms with Gasteiger partial charge in [-0.15, -0.1) is 0 Å². The summed E-state index contributed by atoms with van der Waals surface area (Å²) in [7, 11) is 0. The van der Waals surface area contributed by atoms with E-state index in [2.05, 4.69) is 46.0 Å². The molecule has 0 radical (unpaired) electrons. The van der Waals surface area contributed by atoms with Crippen LogP contribution in [0.5, 0.6) is 0 Å². The Morgan fingerprint density at radius 3 is 2.76 bits per heavy atom. The number of piperidine rings is 1. The van der Waals surface area contributed by atoms with Crippen molar-refractivity contribution >= 4 is 15.9 Å². The fourth-order valence-electron chi connectivity index (χ4n) is 4.33. The van der Waals surface area contributed by atoms with Gasteiger partial charge in [0.2, 0.25) is 0 Å². The molecule has 2 aliphatic rings. The predicted molar refractivity (Wildman–Crippen MR) is 92.4 cm³/mol. The maximum Gasteiger partial charge on any atom is 0.0473 e. The van der Waals surface area contributed by atoms with Crippen molar-refractivity contribution in [2.45, 2.75) is 57.5 Å². The molecule has 1 saturated heterocycles. The monoisotopic (exact) mass is 350 g/mol. The predicted octanol–water partition coefficient (Wildman–Crippen LogP) is 4.41. The number of nitrogens with zero attached hydrogens (tertiary/aromatic N) is 1. The highest BCUT2D eigenvalue weighted by molar-refractivity contribution is 9.10. The van der Waals surface area contributed by atoms with E-state index in [9.17, 15) is 0 Å². The van der Waals surface area contributed by atoms with E-state index in [-0.39, 0.29) is 0 Å². The standard InChI is InChI=1S/C18H27BrN2/c1-13-8-9-15(11-16(13)19)18(12-20)21-10-4-6-14-5-2-3-7-17(14)21/h8-9,11,14,17-18H,2-7,10,12,20H2,1H3/t14-,17-,18?/m1/s1. The van der Waals surface area contributed by atoms with Crippen LogP contribution in [-0.2, 0) is 0 Å². The van der Waals surface area contributed by atoms with Crippen LogP contribution in [0.1, 0.15) is 55.7 Å². The Bertz CT molecular complexity index is 486. The summed E-state index contributed by atoms with van der Waals surface area (Å²) in [5, 5.41) is 0. The van der Waals surface area contributed by atoms with Crippen molar-refractivity contribution in [1.29, 1.82) is 0 Å². The summed E-state index contributed by atoms with van der Waals surface area (Å²) in [5.74, 6) is 0.912. The number of rotatable bonds is 3. The molecule has 1 aromatic rings. The molecule has 21 heavy (non-hydrogen) atoms. The van der Waals surface area contributed by atoms with Crippen LogP contribution in [-0.4, -0.2) is 24.0 Å². The molecule has 1 saturated carbocycles. The van der Waals surface area contributed by atoms with Crippen molar-refractivity contribution in [3.8, 4) is 0 Å². The fraction of sp³-hybridized carbons (Fsp3) is 0.667. The van der Waals surface area contributed by atoms with Crippen molar-refractivity contribution in [2.24, 2.45) is 11.7 Å². The number of fused-ring (bicyclic) bond motifs is 1. The molecule has 1 heterocycles. The van der Waals surface area contributed by atoms with Gasteiger partial charge < -0.3 is 5.73 Å². The average Bonchev–Trinajstić information content (AvgIpc) is 2.52. The molecule has 2 N–H and O–H groups in total. The van der Waals surface area contributed by atoms with Gasteiger partial charge in [-0.1, -0.05) is 40.9 Å². The molecule has 0 amide bonds. The van der Waals surface area contributed by atoms with Gasteiger partial charge in [0.15, 0.2) is 0 Å². The van der Waals surface area contributed by atoms with E-state index in [1.807, 2.05) is 0 Å². The second-order valence-electron chi connectivity index (χ2n) is 6.75. The molecule has 1 aliphatic carbocycles. The molecule has 3 heteroatoms. The zero-order chi connectivity index (χ0) is 14.8. The van der Waals surface area contributed by atoms with Crippen LogP contribution in [0.2, 0.25) is 0 Å². The minimum Gasteiger partial charge on any atom is -0.329 e. The molecule has 2 fully saturated rings. The third kappa shape index (κ3) is 3.20. The summed E-state index contributed by atoms with van der Waals surface area (Å²) in [6, 6.07) is 7.90. The number of halogens is 1. The first kappa shape index (κ1) is 15.5. The first-order valence-corrected chi connectivity index (χ1v) is 9.22. The van der Waals surface area contributed by atoms with E-state index >= 15 is 0 Å². The van der Waals surface area contributed by atoms with Crippen LogP contribution in [0.15, 0.2) is 22.7 Å². The van der Waals surface area contributed by atoms with Gasteiger partial charge in [-0.2, -0.15) is 0 Å². The largest absolute Gasteiger partial charge is 0.329 e. The Hall–Kier alpha value is -0.380. The molecule has 3 rings (SSSR count). The topological polar surface area (TPSA) is 29.3 Å². The van der Waals surface area contributed by atoms with Gasteiger partial charge in [0.05, 0.1) is 0 Å². The fourth-order valence-corrected chi connectivity index (χ4v) is 4.73. The lowest BCUT2D eigenvalue weighted by atomic mass is 9.77. The lowest BCUT2D eigenvalue weighted by molar-refractivity contribution is 0.0276. The van der Waals surface area contributed by atoms with Gasteiger partial charge in [-0.25, -0.2) is 0 Å². The average molecular weight is 351 g/mol. The van der Waals surface area contributed by atoms with E-state index < -0.39 is 0 Å². The van der Waals surface area contributed by atoms with Crippen LogP contribution in [0.25, 0.3) is 0 Å². The van der Waals surface area contributed by atoms with Crippen LogP contribution in [0, 0.1) is 12.8 Å². The maximum atomic E-state index is 6.19. The van der Waals surface area contributed by atoms with Crippen LogP contribution in [0.3, 0.4) is 0 Å². The lowest BCUT2D eigenvalue weighted by Crippen LogP contribution is -2.49. The molecule has 0 aromatic heterocycles. The smallest absolute Gasteiger partial charge is 0.0473 e. The van der Waals surface area contributed by atoms with Gasteiger partial charge in [-0.05, 0) is 62.3 Å². The molecule has 2 nitrogen and oxygen atoms in total. The quantitative estimate of drug-likeness (QED) is 0.874. The van der Waals surface area contributed by atoms with Crippen molar-refractivity contribution < 1.29 is 0 Å². The highest BCUT2D eigenvalue weighted by Crippen LogP contribution is 2.39. The highest BCUT2D eigenvalue weighted by Gasteiger charge is 2.36. The number of hydrogen-bond donors (Lipinski definition) is 1. The molecule has 3 atom stereocenters. The Morgan fingerprint density at radius 2 is 2.00 bits per heavy atom. The number of aryl methyl sites for hydroxylation is 1. The third-order valence-corrected chi connectivity index (χ3v) is 6.34. The first-order valence-electron chi connectivity index (χ1n) is 8.42. The molecular weight excluding hydrogens is 324 g/mol. The summed E-state index contributed by atoms with van der Waals surface area (Å²) in [4.78, 5) is 2.73. The van der Waals surface area contributed by atoms with Crippen LogP contribution >= 0.6 is 15.9 Å². The van der Waals surface area contributed by atoms with Crippen LogP contribution < -0.4 is 5.73 Å². The Kier molecular flexibility index (Phi) is 5.03. The second kappa shape index (κ2) is 6.80. The van der Waals surface area contributed by atoms with Gasteiger partial charge in [0, 0.05) is 23.1 Å². The second-order valence-corrected chi connectivity index (χ2v) is 7.61. The summed E-state index contributed by atoms with van der Waals surface area (Å²) >= 11 is 3.68. The summed E-state index contributed by atoms with van der Waals surface area (Å²) < 4.78 is 1.20. The molecule has 1 aromatic carbocycles. The zero-order valence-corrected chi connectivity index (χ0v) is 14.6. The van der Waals surface area contributed by atoms with Crippen molar-refractivity contribution in [3.63, 3.8) is 0 Å². The third-order valence-electron chi connectivity index (χ3n) is 5.49. The molecule has 116 valence electrons. The summed E-state index contributed by atoms with van der Waals surface area (Å²) in [6.07, 6.45) is 8.38.